The molecule has 20 heavy (non-hydrogen) atoms. The molecule has 1 fully saturated rings. The van der Waals surface area contributed by atoms with Crippen molar-refractivity contribution in [3.05, 3.63) is 29.3 Å². The molecule has 1 saturated heterocycles. The zero-order valence-electron chi connectivity index (χ0n) is 12.3. The Morgan fingerprint density at radius 3 is 2.75 bits per heavy atom. The van der Waals surface area contributed by atoms with E-state index in [4.69, 9.17) is 4.74 Å². The molecule has 1 heterocycles. The fourth-order valence-electron chi connectivity index (χ4n) is 2.16. The minimum atomic E-state index is -0.499. The van der Waals surface area contributed by atoms with E-state index in [2.05, 4.69) is 30.8 Å². The van der Waals surface area contributed by atoms with Crippen LogP contribution in [0.3, 0.4) is 0 Å². The highest BCUT2D eigenvalue weighted by Gasteiger charge is 2.33. The third-order valence-electron chi connectivity index (χ3n) is 3.44. The Hall–Kier alpha value is -1.59. The van der Waals surface area contributed by atoms with Gasteiger partial charge in [0.2, 0.25) is 0 Å². The number of benzene rings is 1. The minimum Gasteiger partial charge on any atom is -0.508 e. The summed E-state index contributed by atoms with van der Waals surface area (Å²) >= 11 is 0. The van der Waals surface area contributed by atoms with E-state index in [0.717, 1.165) is 5.56 Å². The van der Waals surface area contributed by atoms with Crippen LogP contribution in [0.4, 0.5) is 0 Å². The lowest BCUT2D eigenvalue weighted by molar-refractivity contribution is -0.142. The molecule has 2 unspecified atom stereocenters. The number of carbonyl (C=O) groups excluding carboxylic acids is 1. The lowest BCUT2D eigenvalue weighted by Gasteiger charge is -2.22. The zero-order valence-corrected chi connectivity index (χ0v) is 12.3. The quantitative estimate of drug-likeness (QED) is 0.809. The molecule has 1 aromatic rings. The van der Waals surface area contributed by atoms with Gasteiger partial charge in [-0.15, -0.1) is 0 Å². The highest BCUT2D eigenvalue weighted by molar-refractivity contribution is 5.76. The van der Waals surface area contributed by atoms with E-state index < -0.39 is 12.3 Å². The van der Waals surface area contributed by atoms with Gasteiger partial charge in [-0.25, -0.2) is 0 Å². The van der Waals surface area contributed by atoms with E-state index in [1.807, 2.05) is 12.1 Å². The second-order valence-electron chi connectivity index (χ2n) is 5.98. The Morgan fingerprint density at radius 1 is 1.45 bits per heavy atom. The molecule has 1 aromatic carbocycles. The fourth-order valence-corrected chi connectivity index (χ4v) is 2.16. The van der Waals surface area contributed by atoms with E-state index in [0.29, 0.717) is 5.56 Å². The summed E-state index contributed by atoms with van der Waals surface area (Å²) in [5, 5.41) is 13.0. The van der Waals surface area contributed by atoms with Gasteiger partial charge in [0.25, 0.3) is 0 Å². The van der Waals surface area contributed by atoms with E-state index in [9.17, 15) is 9.90 Å². The molecule has 1 aliphatic rings. The van der Waals surface area contributed by atoms with Crippen molar-refractivity contribution in [3.8, 4) is 5.75 Å². The standard InChI is InChI=1S/C15H21NO4/c1-15(2,3)9-5-6-12(17)10(7-9)13-16-11(8-20-13)14(18)19-4/h5-7,11,13,16-17H,8H2,1-4H3. The summed E-state index contributed by atoms with van der Waals surface area (Å²) in [5.41, 5.74) is 1.71. The van der Waals surface area contributed by atoms with Crippen molar-refractivity contribution in [2.45, 2.75) is 38.5 Å². The summed E-state index contributed by atoms with van der Waals surface area (Å²) in [7, 11) is 1.34. The summed E-state index contributed by atoms with van der Waals surface area (Å²) in [6, 6.07) is 4.97. The first-order valence-corrected chi connectivity index (χ1v) is 6.62. The van der Waals surface area contributed by atoms with Crippen LogP contribution in [0, 0.1) is 0 Å². The molecule has 1 aliphatic heterocycles. The monoisotopic (exact) mass is 279 g/mol. The molecule has 0 amide bonds. The van der Waals surface area contributed by atoms with Gasteiger partial charge in [-0.1, -0.05) is 26.8 Å². The van der Waals surface area contributed by atoms with Crippen molar-refractivity contribution in [3.63, 3.8) is 0 Å². The van der Waals surface area contributed by atoms with Gasteiger partial charge in [0.15, 0.2) is 0 Å². The van der Waals surface area contributed by atoms with Gasteiger partial charge in [-0.3, -0.25) is 10.1 Å². The first-order chi connectivity index (χ1) is 9.32. The third-order valence-corrected chi connectivity index (χ3v) is 3.44. The van der Waals surface area contributed by atoms with Crippen LogP contribution in [-0.4, -0.2) is 30.8 Å². The maximum Gasteiger partial charge on any atom is 0.325 e. The van der Waals surface area contributed by atoms with Crippen LogP contribution in [0.15, 0.2) is 18.2 Å². The van der Waals surface area contributed by atoms with Gasteiger partial charge in [0.05, 0.1) is 13.7 Å². The smallest absolute Gasteiger partial charge is 0.325 e. The molecule has 5 nitrogen and oxygen atoms in total. The Morgan fingerprint density at radius 2 is 2.15 bits per heavy atom. The number of aromatic hydroxyl groups is 1. The average Bonchev–Trinajstić information content (AvgIpc) is 2.86. The van der Waals surface area contributed by atoms with E-state index in [1.54, 1.807) is 6.07 Å². The SMILES string of the molecule is COC(=O)C1COC(c2cc(C(C)(C)C)ccc2O)N1. The molecule has 110 valence electrons. The molecule has 0 spiro atoms. The van der Waals surface area contributed by atoms with Gasteiger partial charge in [0.1, 0.15) is 18.0 Å². The summed E-state index contributed by atoms with van der Waals surface area (Å²) in [6.45, 7) is 6.53. The average molecular weight is 279 g/mol. The first kappa shape index (κ1) is 14.8. The number of ether oxygens (including phenoxy) is 2. The van der Waals surface area contributed by atoms with Gasteiger partial charge < -0.3 is 14.6 Å². The van der Waals surface area contributed by atoms with E-state index in [1.165, 1.54) is 7.11 Å². The molecule has 2 N–H and O–H groups in total. The maximum atomic E-state index is 11.5. The van der Waals surface area contributed by atoms with Crippen LogP contribution < -0.4 is 5.32 Å². The predicted molar refractivity (Wildman–Crippen MR) is 74.4 cm³/mol. The van der Waals surface area contributed by atoms with Crippen molar-refractivity contribution in [2.24, 2.45) is 0 Å². The van der Waals surface area contributed by atoms with Gasteiger partial charge in [0, 0.05) is 5.56 Å². The molecular weight excluding hydrogens is 258 g/mol. The van der Waals surface area contributed by atoms with Crippen LogP contribution >= 0.6 is 0 Å². The number of hydrogen-bond donors (Lipinski definition) is 2. The normalized spacial score (nSPS) is 22.8. The number of carbonyl (C=O) groups is 1. The maximum absolute atomic E-state index is 11.5. The number of hydrogen-bond acceptors (Lipinski definition) is 5. The molecule has 0 aliphatic carbocycles. The predicted octanol–water partition coefficient (Wildman–Crippen LogP) is 1.85. The summed E-state index contributed by atoms with van der Waals surface area (Å²) < 4.78 is 10.2. The summed E-state index contributed by atoms with van der Waals surface area (Å²) in [4.78, 5) is 11.5. The van der Waals surface area contributed by atoms with Crippen molar-refractivity contribution >= 4 is 5.97 Å². The lowest BCUT2D eigenvalue weighted by Crippen LogP contribution is -2.35. The topological polar surface area (TPSA) is 67.8 Å². The molecule has 5 heteroatoms. The minimum absolute atomic E-state index is 0.0250. The second-order valence-corrected chi connectivity index (χ2v) is 5.98. The molecule has 0 bridgehead atoms. The van der Waals surface area contributed by atoms with Crippen LogP contribution in [0.25, 0.3) is 0 Å². The highest BCUT2D eigenvalue weighted by Crippen LogP contribution is 2.33. The van der Waals surface area contributed by atoms with Crippen molar-refractivity contribution in [1.29, 1.82) is 0 Å². The molecular formula is C15H21NO4. The number of methoxy groups -OCH3 is 1. The Bertz CT molecular complexity index is 507. The van der Waals surface area contributed by atoms with Crippen molar-refractivity contribution in [1.82, 2.24) is 5.32 Å². The molecule has 2 rings (SSSR count). The van der Waals surface area contributed by atoms with Gasteiger partial charge in [-0.05, 0) is 23.1 Å². The van der Waals surface area contributed by atoms with Crippen molar-refractivity contribution < 1.29 is 19.4 Å². The fraction of sp³-hybridized carbons (Fsp3) is 0.533. The number of phenolic OH excluding ortho intramolecular Hbond substituents is 1. The number of rotatable bonds is 2. The molecule has 0 aromatic heterocycles. The second kappa shape index (κ2) is 5.42. The van der Waals surface area contributed by atoms with Crippen LogP contribution in [0.5, 0.6) is 5.75 Å². The number of nitrogens with one attached hydrogen (secondary N) is 1. The third kappa shape index (κ3) is 2.94. The molecule has 2 atom stereocenters. The zero-order chi connectivity index (χ0) is 14.9. The van der Waals surface area contributed by atoms with Gasteiger partial charge in [-0.2, -0.15) is 0 Å². The molecule has 0 radical (unpaired) electrons. The Kier molecular flexibility index (Phi) is 4.01. The van der Waals surface area contributed by atoms with Crippen LogP contribution in [0.1, 0.15) is 38.1 Å². The Balaban J connectivity index is 2.23. The summed E-state index contributed by atoms with van der Waals surface area (Å²) in [5.74, 6) is -0.208. The van der Waals surface area contributed by atoms with E-state index in [-0.39, 0.29) is 23.7 Å². The lowest BCUT2D eigenvalue weighted by atomic mass is 9.86. The first-order valence-electron chi connectivity index (χ1n) is 6.62. The summed E-state index contributed by atoms with van der Waals surface area (Å²) in [6.07, 6.45) is -0.499. The Labute approximate surface area is 118 Å². The van der Waals surface area contributed by atoms with E-state index >= 15 is 0 Å². The van der Waals surface area contributed by atoms with Crippen LogP contribution in [0.2, 0.25) is 0 Å². The van der Waals surface area contributed by atoms with Crippen LogP contribution in [-0.2, 0) is 19.7 Å². The van der Waals surface area contributed by atoms with Gasteiger partial charge >= 0.3 is 5.97 Å². The highest BCUT2D eigenvalue weighted by atomic mass is 16.5. The number of esters is 1. The molecule has 0 saturated carbocycles. The number of phenols is 1. The van der Waals surface area contributed by atoms with Crippen molar-refractivity contribution in [2.75, 3.05) is 13.7 Å². The largest absolute Gasteiger partial charge is 0.508 e.